The number of aromatic nitrogens is 1. The number of aliphatic carboxylic acids is 1. The Morgan fingerprint density at radius 2 is 2.32 bits per heavy atom. The van der Waals surface area contributed by atoms with Crippen LogP contribution in [0.15, 0.2) is 21.9 Å². The topological polar surface area (TPSA) is 102 Å². The van der Waals surface area contributed by atoms with Crippen LogP contribution in [0.5, 0.6) is 0 Å². The number of hydrogen-bond acceptors (Lipinski definition) is 6. The number of aryl methyl sites for hydroxylation is 1. The van der Waals surface area contributed by atoms with Crippen molar-refractivity contribution in [2.45, 2.75) is 19.4 Å². The number of carboxylic acids is 1. The van der Waals surface area contributed by atoms with E-state index in [0.29, 0.717) is 17.3 Å². The van der Waals surface area contributed by atoms with Gasteiger partial charge in [-0.25, -0.2) is 9.78 Å². The van der Waals surface area contributed by atoms with Gasteiger partial charge in [0, 0.05) is 7.11 Å². The third-order valence-electron chi connectivity index (χ3n) is 3.00. The summed E-state index contributed by atoms with van der Waals surface area (Å²) in [6, 6.07) is 3.78. The number of carbonyl (C=O) groups excluding carboxylic acids is 1. The van der Waals surface area contributed by atoms with Gasteiger partial charge in [-0.1, -0.05) is 6.07 Å². The van der Waals surface area contributed by atoms with Crippen LogP contribution in [0.3, 0.4) is 0 Å². The monoisotopic (exact) mass is 324 g/mol. The molecule has 0 spiro atoms. The predicted molar refractivity (Wildman–Crippen MR) is 79.7 cm³/mol. The Kier molecular flexibility index (Phi) is 5.29. The molecule has 0 saturated carbocycles. The molecule has 0 fully saturated rings. The molecule has 0 bridgehead atoms. The summed E-state index contributed by atoms with van der Waals surface area (Å²) >= 11 is 1.50. The molecular weight excluding hydrogens is 308 g/mol. The minimum absolute atomic E-state index is 0.0246. The van der Waals surface area contributed by atoms with E-state index in [0.717, 1.165) is 4.88 Å². The fourth-order valence-electron chi connectivity index (χ4n) is 1.79. The summed E-state index contributed by atoms with van der Waals surface area (Å²) in [7, 11) is 1.28. The zero-order valence-corrected chi connectivity index (χ0v) is 13.0. The molecule has 2 aromatic rings. The van der Waals surface area contributed by atoms with Gasteiger partial charge in [0.2, 0.25) is 11.8 Å². The summed E-state index contributed by atoms with van der Waals surface area (Å²) in [5.74, 6) is -0.409. The van der Waals surface area contributed by atoms with Crippen LogP contribution in [0.25, 0.3) is 10.8 Å². The van der Waals surface area contributed by atoms with Crippen molar-refractivity contribution < 1.29 is 23.8 Å². The van der Waals surface area contributed by atoms with E-state index < -0.39 is 12.1 Å². The van der Waals surface area contributed by atoms with E-state index in [9.17, 15) is 9.59 Å². The molecule has 0 aliphatic carbocycles. The Morgan fingerprint density at radius 1 is 1.55 bits per heavy atom. The number of nitrogens with zero attached hydrogens (tertiary/aromatic N) is 1. The first-order chi connectivity index (χ1) is 10.5. The molecule has 0 aliphatic rings. The highest BCUT2D eigenvalue weighted by atomic mass is 32.1. The fourth-order valence-corrected chi connectivity index (χ4v) is 2.44. The maximum Gasteiger partial charge on any atom is 0.334 e. The highest BCUT2D eigenvalue weighted by Gasteiger charge is 2.19. The molecule has 0 saturated heterocycles. The van der Waals surface area contributed by atoms with E-state index in [-0.39, 0.29) is 18.9 Å². The minimum atomic E-state index is -1.12. The molecule has 8 heteroatoms. The molecule has 0 aromatic carbocycles. The first kappa shape index (κ1) is 16.2. The second kappa shape index (κ2) is 7.19. The summed E-state index contributed by atoms with van der Waals surface area (Å²) in [4.78, 5) is 27.9. The standard InChI is InChI=1S/C14H16N2O5S/c1-8-9(16-13(21-8)11-4-3-5-22-11)6-12(17)15-7-10(20-2)14(18)19/h3-5,10H,6-7H2,1-2H3,(H,15,17)(H,18,19). The lowest BCUT2D eigenvalue weighted by molar-refractivity contribution is -0.148. The van der Waals surface area contributed by atoms with Crippen LogP contribution in [0, 0.1) is 6.92 Å². The molecule has 1 unspecified atom stereocenters. The first-order valence-electron chi connectivity index (χ1n) is 6.53. The second-order valence-electron chi connectivity index (χ2n) is 4.54. The van der Waals surface area contributed by atoms with Crippen molar-refractivity contribution in [1.29, 1.82) is 0 Å². The van der Waals surface area contributed by atoms with Crippen LogP contribution in [0.1, 0.15) is 11.5 Å². The first-order valence-corrected chi connectivity index (χ1v) is 7.41. The van der Waals surface area contributed by atoms with Crippen molar-refractivity contribution in [2.75, 3.05) is 13.7 Å². The normalized spacial score (nSPS) is 12.1. The van der Waals surface area contributed by atoms with Crippen molar-refractivity contribution >= 4 is 23.2 Å². The lowest BCUT2D eigenvalue weighted by Crippen LogP contribution is -2.38. The number of carbonyl (C=O) groups is 2. The molecule has 0 aliphatic heterocycles. The van der Waals surface area contributed by atoms with Crippen LogP contribution in [-0.4, -0.2) is 41.7 Å². The lowest BCUT2D eigenvalue weighted by atomic mass is 10.2. The van der Waals surface area contributed by atoms with Crippen LogP contribution >= 0.6 is 11.3 Å². The van der Waals surface area contributed by atoms with Crippen LogP contribution in [0.4, 0.5) is 0 Å². The molecule has 2 aromatic heterocycles. The van der Waals surface area contributed by atoms with E-state index >= 15 is 0 Å². The van der Waals surface area contributed by atoms with E-state index in [1.54, 1.807) is 6.92 Å². The molecule has 0 radical (unpaired) electrons. The van der Waals surface area contributed by atoms with E-state index in [1.165, 1.54) is 18.4 Å². The SMILES string of the molecule is COC(CNC(=O)Cc1nc(-c2cccs2)oc1C)C(=O)O. The maximum atomic E-state index is 11.9. The van der Waals surface area contributed by atoms with Gasteiger partial charge in [-0.15, -0.1) is 11.3 Å². The molecule has 1 amide bonds. The van der Waals surface area contributed by atoms with Gasteiger partial charge in [-0.2, -0.15) is 0 Å². The van der Waals surface area contributed by atoms with Gasteiger partial charge >= 0.3 is 5.97 Å². The van der Waals surface area contributed by atoms with Gasteiger partial charge in [-0.3, -0.25) is 4.79 Å². The van der Waals surface area contributed by atoms with Crippen molar-refractivity contribution in [2.24, 2.45) is 0 Å². The Hall–Kier alpha value is -2.19. The minimum Gasteiger partial charge on any atom is -0.479 e. The molecule has 2 heterocycles. The molecule has 118 valence electrons. The summed E-state index contributed by atoms with van der Waals surface area (Å²) < 4.78 is 10.3. The number of carboxylic acid groups (broad SMARTS) is 1. The van der Waals surface area contributed by atoms with Gasteiger partial charge in [0.05, 0.1) is 23.5 Å². The van der Waals surface area contributed by atoms with Gasteiger partial charge in [0.1, 0.15) is 5.76 Å². The predicted octanol–water partition coefficient (Wildman–Crippen LogP) is 1.47. The van der Waals surface area contributed by atoms with Gasteiger partial charge in [-0.05, 0) is 18.4 Å². The van der Waals surface area contributed by atoms with E-state index in [4.69, 9.17) is 14.3 Å². The molecule has 22 heavy (non-hydrogen) atoms. The fraction of sp³-hybridized carbons (Fsp3) is 0.357. The average molecular weight is 324 g/mol. The smallest absolute Gasteiger partial charge is 0.334 e. The summed E-state index contributed by atoms with van der Waals surface area (Å²) in [6.07, 6.45) is -1.04. The van der Waals surface area contributed by atoms with Gasteiger partial charge < -0.3 is 19.6 Å². The Labute approximate surface area is 130 Å². The van der Waals surface area contributed by atoms with Crippen LogP contribution in [-0.2, 0) is 20.7 Å². The highest BCUT2D eigenvalue weighted by molar-refractivity contribution is 7.13. The molecular formula is C14H16N2O5S. The highest BCUT2D eigenvalue weighted by Crippen LogP contribution is 2.25. The molecule has 7 nitrogen and oxygen atoms in total. The van der Waals surface area contributed by atoms with Crippen molar-refractivity contribution in [3.8, 4) is 10.8 Å². The summed E-state index contributed by atoms with van der Waals surface area (Å²) in [5, 5.41) is 13.3. The Bertz CT molecular complexity index is 650. The number of nitrogens with one attached hydrogen (secondary N) is 1. The average Bonchev–Trinajstić information content (AvgIpc) is 3.09. The number of amides is 1. The quantitative estimate of drug-likeness (QED) is 0.799. The number of oxazole rings is 1. The summed E-state index contributed by atoms with van der Waals surface area (Å²) in [5.41, 5.74) is 0.533. The second-order valence-corrected chi connectivity index (χ2v) is 5.49. The van der Waals surface area contributed by atoms with Crippen molar-refractivity contribution in [3.63, 3.8) is 0 Å². The Morgan fingerprint density at radius 3 is 2.91 bits per heavy atom. The van der Waals surface area contributed by atoms with Crippen LogP contribution < -0.4 is 5.32 Å². The third kappa shape index (κ3) is 3.92. The van der Waals surface area contributed by atoms with Crippen molar-refractivity contribution in [1.82, 2.24) is 10.3 Å². The number of ether oxygens (including phenoxy) is 1. The van der Waals surface area contributed by atoms with E-state index in [1.807, 2.05) is 17.5 Å². The lowest BCUT2D eigenvalue weighted by Gasteiger charge is -2.10. The van der Waals surface area contributed by atoms with Crippen molar-refractivity contribution in [3.05, 3.63) is 29.0 Å². The maximum absolute atomic E-state index is 11.9. The summed E-state index contributed by atoms with van der Waals surface area (Å²) in [6.45, 7) is 1.64. The Balaban J connectivity index is 1.96. The largest absolute Gasteiger partial charge is 0.479 e. The zero-order chi connectivity index (χ0) is 16.1. The number of methoxy groups -OCH3 is 1. The van der Waals surface area contributed by atoms with Gasteiger partial charge in [0.25, 0.3) is 0 Å². The third-order valence-corrected chi connectivity index (χ3v) is 3.86. The zero-order valence-electron chi connectivity index (χ0n) is 12.2. The van der Waals surface area contributed by atoms with E-state index in [2.05, 4.69) is 10.3 Å². The number of thiophene rings is 1. The van der Waals surface area contributed by atoms with Crippen LogP contribution in [0.2, 0.25) is 0 Å². The number of hydrogen-bond donors (Lipinski definition) is 2. The molecule has 1 atom stereocenters. The van der Waals surface area contributed by atoms with Gasteiger partial charge in [0.15, 0.2) is 6.10 Å². The molecule has 2 rings (SSSR count). The molecule has 2 N–H and O–H groups in total. The number of rotatable bonds is 7.